The molecule has 128 valence electrons. The van der Waals surface area contributed by atoms with Crippen molar-refractivity contribution in [2.24, 2.45) is 5.10 Å². The van der Waals surface area contributed by atoms with Gasteiger partial charge in [-0.05, 0) is 42.0 Å². The van der Waals surface area contributed by atoms with Crippen molar-refractivity contribution in [3.8, 4) is 11.8 Å². The summed E-state index contributed by atoms with van der Waals surface area (Å²) in [5, 5.41) is 12.3. The van der Waals surface area contributed by atoms with E-state index >= 15 is 0 Å². The fourth-order valence-electron chi connectivity index (χ4n) is 1.74. The van der Waals surface area contributed by atoms with Gasteiger partial charge in [0.2, 0.25) is 0 Å². The fourth-order valence-corrected chi connectivity index (χ4v) is 1.74. The molecule has 0 spiro atoms. The minimum absolute atomic E-state index is 0.295. The molecule has 0 fully saturated rings. The van der Waals surface area contributed by atoms with Gasteiger partial charge in [-0.25, -0.2) is 5.43 Å². The summed E-state index contributed by atoms with van der Waals surface area (Å²) < 4.78 is 42.5. The van der Waals surface area contributed by atoms with Crippen LogP contribution >= 0.6 is 0 Å². The van der Waals surface area contributed by atoms with Gasteiger partial charge in [0, 0.05) is 0 Å². The van der Waals surface area contributed by atoms with Crippen molar-refractivity contribution in [3.05, 3.63) is 65.2 Å². The highest BCUT2D eigenvalue weighted by Crippen LogP contribution is 2.28. The molecule has 0 saturated heterocycles. The molecule has 0 saturated carbocycles. The third-order valence-electron chi connectivity index (χ3n) is 2.99. The number of benzene rings is 2. The van der Waals surface area contributed by atoms with E-state index in [2.05, 4.69) is 10.5 Å². The van der Waals surface area contributed by atoms with Crippen LogP contribution in [-0.2, 0) is 11.0 Å². The second-order valence-corrected chi connectivity index (χ2v) is 4.84. The van der Waals surface area contributed by atoms with Crippen LogP contribution in [0.15, 0.2) is 53.6 Å². The Morgan fingerprint density at radius 2 is 1.80 bits per heavy atom. The first-order valence-corrected chi connectivity index (χ1v) is 7.00. The Bertz CT molecular complexity index is 792. The molecule has 0 radical (unpaired) electrons. The number of nitrogens with one attached hydrogen (secondary N) is 1. The van der Waals surface area contributed by atoms with E-state index in [0.717, 1.165) is 12.1 Å². The summed E-state index contributed by atoms with van der Waals surface area (Å²) in [4.78, 5) is 11.6. The van der Waals surface area contributed by atoms with Gasteiger partial charge in [0.1, 0.15) is 5.75 Å². The van der Waals surface area contributed by atoms with Crippen molar-refractivity contribution in [1.82, 2.24) is 5.43 Å². The van der Waals surface area contributed by atoms with Crippen molar-refractivity contribution >= 4 is 12.1 Å². The van der Waals surface area contributed by atoms with Crippen LogP contribution < -0.4 is 10.2 Å². The van der Waals surface area contributed by atoms with Crippen LogP contribution in [0.2, 0.25) is 0 Å². The van der Waals surface area contributed by atoms with Crippen molar-refractivity contribution in [2.75, 3.05) is 6.61 Å². The summed E-state index contributed by atoms with van der Waals surface area (Å²) in [6, 6.07) is 12.5. The van der Waals surface area contributed by atoms with E-state index in [-0.39, 0.29) is 6.61 Å². The Labute approximate surface area is 141 Å². The summed E-state index contributed by atoms with van der Waals surface area (Å²) in [7, 11) is 0. The van der Waals surface area contributed by atoms with E-state index in [1.165, 1.54) is 18.3 Å². The molecule has 0 aliphatic rings. The molecule has 0 aliphatic heterocycles. The molecule has 2 aromatic rings. The molecular weight excluding hydrogens is 335 g/mol. The van der Waals surface area contributed by atoms with Crippen LogP contribution in [0.1, 0.15) is 16.7 Å². The number of hydrogen-bond donors (Lipinski definition) is 1. The molecule has 0 unspecified atom stereocenters. The standard InChI is InChI=1S/C17H12F3N3O2/c18-17(19,20)14-5-1-13(2-6-14)10-22-23-16(24)11-25-15-7-3-12(9-21)4-8-15/h1-8,10H,11H2,(H,23,24)/b22-10+. The zero-order chi connectivity index (χ0) is 18.3. The highest BCUT2D eigenvalue weighted by Gasteiger charge is 2.29. The normalized spacial score (nSPS) is 11.1. The van der Waals surface area contributed by atoms with E-state index in [1.807, 2.05) is 6.07 Å². The Kier molecular flexibility index (Phi) is 5.74. The Morgan fingerprint density at radius 1 is 1.16 bits per heavy atom. The highest BCUT2D eigenvalue weighted by molar-refractivity contribution is 5.82. The lowest BCUT2D eigenvalue weighted by Gasteiger charge is -2.06. The highest BCUT2D eigenvalue weighted by atomic mass is 19.4. The molecule has 0 heterocycles. The largest absolute Gasteiger partial charge is 0.484 e. The van der Waals surface area contributed by atoms with Gasteiger partial charge in [-0.15, -0.1) is 0 Å². The molecule has 5 nitrogen and oxygen atoms in total. The van der Waals surface area contributed by atoms with Gasteiger partial charge < -0.3 is 4.74 Å². The van der Waals surface area contributed by atoms with Crippen molar-refractivity contribution in [3.63, 3.8) is 0 Å². The molecular formula is C17H12F3N3O2. The summed E-state index contributed by atoms with van der Waals surface area (Å²) in [6.45, 7) is -0.295. The molecule has 0 aromatic heterocycles. The second kappa shape index (κ2) is 7.97. The lowest BCUT2D eigenvalue weighted by molar-refractivity contribution is -0.137. The van der Waals surface area contributed by atoms with Crippen LogP contribution in [0, 0.1) is 11.3 Å². The van der Waals surface area contributed by atoms with Gasteiger partial charge in [-0.3, -0.25) is 4.79 Å². The average molecular weight is 347 g/mol. The molecule has 0 atom stereocenters. The lowest BCUT2D eigenvalue weighted by atomic mass is 10.1. The van der Waals surface area contributed by atoms with Gasteiger partial charge >= 0.3 is 6.18 Å². The van der Waals surface area contributed by atoms with E-state index in [4.69, 9.17) is 10.00 Å². The van der Waals surface area contributed by atoms with Crippen LogP contribution in [0.25, 0.3) is 0 Å². The maximum atomic E-state index is 12.4. The van der Waals surface area contributed by atoms with Crippen molar-refractivity contribution in [2.45, 2.75) is 6.18 Å². The van der Waals surface area contributed by atoms with E-state index in [0.29, 0.717) is 16.9 Å². The van der Waals surface area contributed by atoms with Crippen LogP contribution in [0.5, 0.6) is 5.75 Å². The molecule has 0 aliphatic carbocycles. The maximum Gasteiger partial charge on any atom is 0.416 e. The van der Waals surface area contributed by atoms with Gasteiger partial charge in [0.15, 0.2) is 6.61 Å². The number of nitrogens with zero attached hydrogens (tertiary/aromatic N) is 2. The number of carbonyl (C=O) groups excluding carboxylic acids is 1. The summed E-state index contributed by atoms with van der Waals surface area (Å²) in [6.07, 6.45) is -3.17. The molecule has 1 N–H and O–H groups in total. The Hall–Kier alpha value is -3.34. The number of nitriles is 1. The van der Waals surface area contributed by atoms with Crippen LogP contribution in [0.4, 0.5) is 13.2 Å². The van der Waals surface area contributed by atoms with Crippen LogP contribution in [0.3, 0.4) is 0 Å². The van der Waals surface area contributed by atoms with Gasteiger partial charge in [-0.1, -0.05) is 12.1 Å². The maximum absolute atomic E-state index is 12.4. The SMILES string of the molecule is N#Cc1ccc(OCC(=O)N/N=C/c2ccc(C(F)(F)F)cc2)cc1. The lowest BCUT2D eigenvalue weighted by Crippen LogP contribution is -2.24. The van der Waals surface area contributed by atoms with E-state index in [1.54, 1.807) is 24.3 Å². The summed E-state index contributed by atoms with van der Waals surface area (Å²) in [5.41, 5.74) is 2.31. The third kappa shape index (κ3) is 5.66. The van der Waals surface area contributed by atoms with Crippen LogP contribution in [-0.4, -0.2) is 18.7 Å². The quantitative estimate of drug-likeness (QED) is 0.667. The number of halogens is 3. The monoisotopic (exact) mass is 347 g/mol. The Balaban J connectivity index is 1.81. The number of alkyl halides is 3. The van der Waals surface area contributed by atoms with Crippen molar-refractivity contribution in [1.29, 1.82) is 5.26 Å². The van der Waals surface area contributed by atoms with Gasteiger partial charge in [0.25, 0.3) is 5.91 Å². The summed E-state index contributed by atoms with van der Waals surface area (Å²) in [5.74, 6) is -0.117. The number of amides is 1. The minimum atomic E-state index is -4.40. The first kappa shape index (κ1) is 18.0. The predicted octanol–water partition coefficient (Wildman–Crippen LogP) is 3.11. The molecule has 0 bridgehead atoms. The molecule has 2 rings (SSSR count). The second-order valence-electron chi connectivity index (χ2n) is 4.84. The zero-order valence-corrected chi connectivity index (χ0v) is 12.7. The first-order chi connectivity index (χ1) is 11.9. The summed E-state index contributed by atoms with van der Waals surface area (Å²) >= 11 is 0. The number of rotatable bonds is 5. The molecule has 1 amide bonds. The minimum Gasteiger partial charge on any atom is -0.484 e. The number of ether oxygens (including phenoxy) is 1. The zero-order valence-electron chi connectivity index (χ0n) is 12.7. The molecule has 8 heteroatoms. The predicted molar refractivity (Wildman–Crippen MR) is 83.8 cm³/mol. The third-order valence-corrected chi connectivity index (χ3v) is 2.99. The fraction of sp³-hybridized carbons (Fsp3) is 0.118. The van der Waals surface area contributed by atoms with Crippen molar-refractivity contribution < 1.29 is 22.7 Å². The van der Waals surface area contributed by atoms with E-state index < -0.39 is 17.6 Å². The smallest absolute Gasteiger partial charge is 0.416 e. The van der Waals surface area contributed by atoms with E-state index in [9.17, 15) is 18.0 Å². The number of hydrazone groups is 1. The van der Waals surface area contributed by atoms with Gasteiger partial charge in [-0.2, -0.15) is 23.5 Å². The number of hydrogen-bond acceptors (Lipinski definition) is 4. The van der Waals surface area contributed by atoms with Gasteiger partial charge in [0.05, 0.1) is 23.4 Å². The molecule has 25 heavy (non-hydrogen) atoms. The Morgan fingerprint density at radius 3 is 2.36 bits per heavy atom. The average Bonchev–Trinajstić information content (AvgIpc) is 2.60. The topological polar surface area (TPSA) is 74.5 Å². The number of carbonyl (C=O) groups is 1. The molecule has 2 aromatic carbocycles. The first-order valence-electron chi connectivity index (χ1n) is 7.00.